The second kappa shape index (κ2) is 13.1. The summed E-state index contributed by atoms with van der Waals surface area (Å²) in [5.41, 5.74) is 2.49. The van der Waals surface area contributed by atoms with Gasteiger partial charge >= 0.3 is 5.69 Å². The van der Waals surface area contributed by atoms with Crippen LogP contribution in [-0.2, 0) is 19.6 Å². The highest BCUT2D eigenvalue weighted by atomic mass is 16.6. The van der Waals surface area contributed by atoms with Crippen molar-refractivity contribution in [3.05, 3.63) is 156 Å². The molecule has 0 spiro atoms. The smallest absolute Gasteiger partial charge is 0.332 e. The molecule has 2 heterocycles. The van der Waals surface area contributed by atoms with Gasteiger partial charge in [0.05, 0.1) is 28.9 Å². The molecule has 1 aliphatic rings. The first-order valence-corrected chi connectivity index (χ1v) is 15.0. The number of aromatic nitrogens is 2. The fraction of sp³-hybridized carbons (Fsp3) is 0.229. The number of para-hydroxylation sites is 1. The number of amides is 1. The Morgan fingerprint density at radius 3 is 2.13 bits per heavy atom. The molecule has 0 radical (unpaired) electrons. The minimum absolute atomic E-state index is 0.0131. The van der Waals surface area contributed by atoms with Crippen molar-refractivity contribution in [3.8, 4) is 0 Å². The highest BCUT2D eigenvalue weighted by Gasteiger charge is 2.21. The number of benzene rings is 4. The molecule has 0 saturated carbocycles. The maximum atomic E-state index is 13.7. The zero-order valence-electron chi connectivity index (χ0n) is 24.7. The summed E-state index contributed by atoms with van der Waals surface area (Å²) in [7, 11) is 0. The molecule has 1 saturated heterocycles. The van der Waals surface area contributed by atoms with Crippen LogP contribution in [0.5, 0.6) is 0 Å². The van der Waals surface area contributed by atoms with Gasteiger partial charge in [-0.05, 0) is 53.8 Å². The highest BCUT2D eigenvalue weighted by molar-refractivity contribution is 5.94. The summed E-state index contributed by atoms with van der Waals surface area (Å²) in [6.07, 6.45) is 1.76. The Morgan fingerprint density at radius 2 is 1.40 bits per heavy atom. The van der Waals surface area contributed by atoms with Crippen molar-refractivity contribution >= 4 is 22.5 Å². The number of piperidine rings is 1. The molecule has 1 aromatic heterocycles. The first-order chi connectivity index (χ1) is 21.9. The molecule has 0 bridgehead atoms. The van der Waals surface area contributed by atoms with Gasteiger partial charge < -0.3 is 5.32 Å². The van der Waals surface area contributed by atoms with Crippen molar-refractivity contribution in [1.82, 2.24) is 19.4 Å². The summed E-state index contributed by atoms with van der Waals surface area (Å²) in [6, 6.07) is 30.3. The molecule has 5 aromatic rings. The SMILES string of the molecule is O=C(NC1CCN(Cc2ccccc2)CC1)c1ccc(Cn2c(=O)c3ccccc3n(Cc3cccc([N+](=O)[O-])c3)c2=O)cc1. The first-order valence-electron chi connectivity index (χ1n) is 15.0. The molecule has 4 aromatic carbocycles. The number of hydrogen-bond acceptors (Lipinski definition) is 6. The molecule has 6 rings (SSSR count). The maximum absolute atomic E-state index is 13.7. The lowest BCUT2D eigenvalue weighted by atomic mass is 10.0. The summed E-state index contributed by atoms with van der Waals surface area (Å²) >= 11 is 0. The van der Waals surface area contributed by atoms with Crippen LogP contribution in [0.15, 0.2) is 113 Å². The van der Waals surface area contributed by atoms with Gasteiger partial charge in [-0.15, -0.1) is 0 Å². The topological polar surface area (TPSA) is 119 Å². The lowest BCUT2D eigenvalue weighted by molar-refractivity contribution is -0.384. The summed E-state index contributed by atoms with van der Waals surface area (Å²) in [6.45, 7) is 2.81. The van der Waals surface area contributed by atoms with Gasteiger partial charge in [0, 0.05) is 43.4 Å². The van der Waals surface area contributed by atoms with E-state index in [1.165, 1.54) is 22.3 Å². The lowest BCUT2D eigenvalue weighted by Crippen LogP contribution is -2.44. The number of non-ortho nitro benzene ring substituents is 1. The zero-order chi connectivity index (χ0) is 31.3. The third-order valence-corrected chi connectivity index (χ3v) is 8.32. The molecule has 0 atom stereocenters. The number of likely N-dealkylation sites (tertiary alicyclic amines) is 1. The molecular formula is C35H33N5O5. The number of fused-ring (bicyclic) bond motifs is 1. The molecule has 45 heavy (non-hydrogen) atoms. The van der Waals surface area contributed by atoms with E-state index in [0.29, 0.717) is 27.6 Å². The van der Waals surface area contributed by atoms with E-state index in [-0.39, 0.29) is 30.7 Å². The number of nitro benzene ring substituents is 1. The second-order valence-electron chi connectivity index (χ2n) is 11.4. The van der Waals surface area contributed by atoms with Gasteiger partial charge in [0.2, 0.25) is 0 Å². The molecule has 1 fully saturated rings. The van der Waals surface area contributed by atoms with E-state index in [9.17, 15) is 24.5 Å². The number of hydrogen-bond donors (Lipinski definition) is 1. The summed E-state index contributed by atoms with van der Waals surface area (Å²) < 4.78 is 2.63. The van der Waals surface area contributed by atoms with Crippen LogP contribution in [0.4, 0.5) is 5.69 Å². The van der Waals surface area contributed by atoms with Crippen LogP contribution in [0.3, 0.4) is 0 Å². The number of rotatable bonds is 9. The van der Waals surface area contributed by atoms with Crippen LogP contribution in [0.2, 0.25) is 0 Å². The first kappa shape index (κ1) is 29.7. The number of carbonyl (C=O) groups excluding carboxylic acids is 1. The maximum Gasteiger partial charge on any atom is 0.332 e. The van der Waals surface area contributed by atoms with Gasteiger partial charge in [0.25, 0.3) is 17.2 Å². The predicted molar refractivity (Wildman–Crippen MR) is 172 cm³/mol. The normalized spacial score (nSPS) is 14.0. The summed E-state index contributed by atoms with van der Waals surface area (Å²) in [5, 5.41) is 14.8. The van der Waals surface area contributed by atoms with Crippen LogP contribution in [0, 0.1) is 10.1 Å². The number of nitrogens with one attached hydrogen (secondary N) is 1. The second-order valence-corrected chi connectivity index (χ2v) is 11.4. The molecule has 0 aliphatic carbocycles. The average molecular weight is 604 g/mol. The van der Waals surface area contributed by atoms with Crippen molar-refractivity contribution in [2.75, 3.05) is 13.1 Å². The van der Waals surface area contributed by atoms with E-state index >= 15 is 0 Å². The van der Waals surface area contributed by atoms with Gasteiger partial charge in [-0.2, -0.15) is 0 Å². The Kier molecular flexibility index (Phi) is 8.65. The Bertz CT molecular complexity index is 1960. The fourth-order valence-corrected chi connectivity index (χ4v) is 5.90. The predicted octanol–water partition coefficient (Wildman–Crippen LogP) is 4.56. The number of nitrogens with zero attached hydrogens (tertiary/aromatic N) is 4. The number of nitro groups is 1. The fourth-order valence-electron chi connectivity index (χ4n) is 5.90. The van der Waals surface area contributed by atoms with Crippen molar-refractivity contribution in [3.63, 3.8) is 0 Å². The van der Waals surface area contributed by atoms with Crippen molar-refractivity contribution < 1.29 is 9.72 Å². The van der Waals surface area contributed by atoms with Gasteiger partial charge in [0.15, 0.2) is 0 Å². The minimum Gasteiger partial charge on any atom is -0.349 e. The number of carbonyl (C=O) groups is 1. The molecule has 1 amide bonds. The minimum atomic E-state index is -0.523. The Hall–Kier alpha value is -5.35. The van der Waals surface area contributed by atoms with E-state index in [4.69, 9.17) is 0 Å². The molecule has 10 heteroatoms. The van der Waals surface area contributed by atoms with Gasteiger partial charge in [0.1, 0.15) is 0 Å². The van der Waals surface area contributed by atoms with Crippen LogP contribution >= 0.6 is 0 Å². The van der Waals surface area contributed by atoms with E-state index in [2.05, 4.69) is 22.3 Å². The quantitative estimate of drug-likeness (QED) is 0.195. The zero-order valence-corrected chi connectivity index (χ0v) is 24.7. The largest absolute Gasteiger partial charge is 0.349 e. The molecular weight excluding hydrogens is 570 g/mol. The Morgan fingerprint density at radius 1 is 0.756 bits per heavy atom. The van der Waals surface area contributed by atoms with Crippen LogP contribution in [0.25, 0.3) is 10.9 Å². The molecule has 1 N–H and O–H groups in total. The van der Waals surface area contributed by atoms with Crippen LogP contribution in [0.1, 0.15) is 39.9 Å². The molecule has 0 unspecified atom stereocenters. The monoisotopic (exact) mass is 603 g/mol. The van der Waals surface area contributed by atoms with Crippen molar-refractivity contribution in [1.29, 1.82) is 0 Å². The van der Waals surface area contributed by atoms with E-state index in [1.54, 1.807) is 60.7 Å². The highest BCUT2D eigenvalue weighted by Crippen LogP contribution is 2.17. The van der Waals surface area contributed by atoms with Crippen LogP contribution in [-0.4, -0.2) is 44.0 Å². The molecule has 1 aliphatic heterocycles. The lowest BCUT2D eigenvalue weighted by Gasteiger charge is -2.32. The average Bonchev–Trinajstić information content (AvgIpc) is 3.07. The van der Waals surface area contributed by atoms with Gasteiger partial charge in [-0.3, -0.25) is 33.7 Å². The van der Waals surface area contributed by atoms with Crippen molar-refractivity contribution in [2.45, 2.75) is 38.5 Å². The third kappa shape index (κ3) is 6.76. The third-order valence-electron chi connectivity index (χ3n) is 8.32. The standard InChI is InChI=1S/C35H33N5O5/c41-33(36-29-17-19-37(20-18-29)22-25-7-2-1-3-8-25)28-15-13-26(14-16-28)23-39-34(42)31-11-4-5-12-32(31)38(35(39)43)24-27-9-6-10-30(21-27)40(44)45/h1-16,21,29H,17-20,22-24H2,(H,36,41). The van der Waals surface area contributed by atoms with E-state index in [1.807, 2.05) is 18.2 Å². The Labute approximate surface area is 259 Å². The molecule has 10 nitrogen and oxygen atoms in total. The summed E-state index contributed by atoms with van der Waals surface area (Å²) in [5.74, 6) is -0.148. The van der Waals surface area contributed by atoms with E-state index in [0.717, 1.165) is 37.0 Å². The molecule has 228 valence electrons. The van der Waals surface area contributed by atoms with E-state index < -0.39 is 16.2 Å². The van der Waals surface area contributed by atoms with Gasteiger partial charge in [-0.25, -0.2) is 4.79 Å². The Balaban J connectivity index is 1.15. The van der Waals surface area contributed by atoms with Gasteiger partial charge in [-0.1, -0.05) is 66.7 Å². The summed E-state index contributed by atoms with van der Waals surface area (Å²) in [4.78, 5) is 53.3. The van der Waals surface area contributed by atoms with Crippen LogP contribution < -0.4 is 16.6 Å². The van der Waals surface area contributed by atoms with Crippen molar-refractivity contribution in [2.24, 2.45) is 0 Å².